The van der Waals surface area contributed by atoms with Gasteiger partial charge in [-0.2, -0.15) is 23.4 Å². The second-order valence-electron chi connectivity index (χ2n) is 8.14. The minimum absolute atomic E-state index is 0.112. The number of hydrogen-bond acceptors (Lipinski definition) is 4. The first kappa shape index (κ1) is 23.8. The summed E-state index contributed by atoms with van der Waals surface area (Å²) in [5.74, 6) is -0.853. The largest absolute Gasteiger partial charge is 0.434 e. The van der Waals surface area contributed by atoms with Crippen molar-refractivity contribution in [2.75, 3.05) is 19.6 Å². The lowest BCUT2D eigenvalue weighted by Gasteiger charge is -2.32. The van der Waals surface area contributed by atoms with E-state index in [-0.39, 0.29) is 35.6 Å². The Balaban J connectivity index is 1.42. The summed E-state index contributed by atoms with van der Waals surface area (Å²) in [5.41, 5.74) is -1.07. The summed E-state index contributed by atoms with van der Waals surface area (Å²) in [4.78, 5) is 26.6. The van der Waals surface area contributed by atoms with Crippen LogP contribution in [0, 0.1) is 5.92 Å². The molecule has 1 aliphatic heterocycles. The predicted molar refractivity (Wildman–Crippen MR) is 118 cm³/mol. The van der Waals surface area contributed by atoms with Gasteiger partial charge in [-0.15, -0.1) is 0 Å². The minimum atomic E-state index is -4.79. The van der Waals surface area contributed by atoms with E-state index in [1.165, 1.54) is 40.0 Å². The Morgan fingerprint density at radius 3 is 2.53 bits per heavy atom. The van der Waals surface area contributed by atoms with Crippen molar-refractivity contribution < 1.29 is 22.8 Å². The fourth-order valence-corrected chi connectivity index (χ4v) is 4.15. The lowest BCUT2D eigenvalue weighted by molar-refractivity contribution is -0.143. The molecule has 0 unspecified atom stereocenters. The molecule has 0 radical (unpaired) electrons. The number of carbonyl (C=O) groups excluding carboxylic acids is 2. The molecule has 0 atom stereocenters. The van der Waals surface area contributed by atoms with Crippen molar-refractivity contribution in [3.8, 4) is 5.69 Å². The van der Waals surface area contributed by atoms with Gasteiger partial charge in [-0.3, -0.25) is 14.3 Å². The number of carbonyl (C=O) groups is 2. The number of piperidine rings is 1. The van der Waals surface area contributed by atoms with E-state index < -0.39 is 23.3 Å². The molecule has 12 heteroatoms. The highest BCUT2D eigenvalue weighted by molar-refractivity contribution is 6.30. The summed E-state index contributed by atoms with van der Waals surface area (Å²) in [7, 11) is 1.71. The highest BCUT2D eigenvalue weighted by atomic mass is 35.5. The van der Waals surface area contributed by atoms with Crippen LogP contribution in [0.2, 0.25) is 5.02 Å². The quantitative estimate of drug-likeness (QED) is 0.588. The van der Waals surface area contributed by atoms with Crippen LogP contribution in [0.3, 0.4) is 0 Å². The zero-order chi connectivity index (χ0) is 24.5. The van der Waals surface area contributed by atoms with Crippen LogP contribution in [0.25, 0.3) is 5.69 Å². The smallest absolute Gasteiger partial charge is 0.352 e. The van der Waals surface area contributed by atoms with E-state index >= 15 is 0 Å². The first-order chi connectivity index (χ1) is 16.1. The third kappa shape index (κ3) is 5.09. The maximum Gasteiger partial charge on any atom is 0.434 e. The number of benzene rings is 1. The zero-order valence-electron chi connectivity index (χ0n) is 18.2. The van der Waals surface area contributed by atoms with Gasteiger partial charge in [0, 0.05) is 37.9 Å². The van der Waals surface area contributed by atoms with E-state index in [9.17, 15) is 22.8 Å². The number of aryl methyl sites for hydroxylation is 1. The summed E-state index contributed by atoms with van der Waals surface area (Å²) in [6.45, 7) is 0.980. The summed E-state index contributed by atoms with van der Waals surface area (Å²) >= 11 is 5.92. The lowest BCUT2D eigenvalue weighted by atomic mass is 9.96. The summed E-state index contributed by atoms with van der Waals surface area (Å²) < 4.78 is 44.0. The number of alkyl halides is 3. The molecule has 1 aliphatic rings. The van der Waals surface area contributed by atoms with Gasteiger partial charge < -0.3 is 10.2 Å². The second-order valence-corrected chi connectivity index (χ2v) is 8.58. The van der Waals surface area contributed by atoms with Gasteiger partial charge >= 0.3 is 6.18 Å². The molecule has 3 heterocycles. The van der Waals surface area contributed by atoms with Crippen molar-refractivity contribution in [1.29, 1.82) is 0 Å². The summed E-state index contributed by atoms with van der Waals surface area (Å²) in [6, 6.07) is 5.84. The average molecular weight is 495 g/mol. The molecule has 2 aromatic heterocycles. The van der Waals surface area contributed by atoms with Crippen LogP contribution >= 0.6 is 11.6 Å². The maximum absolute atomic E-state index is 13.9. The van der Waals surface area contributed by atoms with E-state index in [0.29, 0.717) is 29.6 Å². The fraction of sp³-hybridized carbons (Fsp3) is 0.364. The van der Waals surface area contributed by atoms with E-state index in [4.69, 9.17) is 11.6 Å². The van der Waals surface area contributed by atoms with Crippen LogP contribution in [-0.4, -0.2) is 55.9 Å². The average Bonchev–Trinajstić information content (AvgIpc) is 3.44. The molecule has 180 valence electrons. The standard InChI is InChI=1S/C22H22ClF3N6O2/c1-30-13-15(11-28-30)20(33)27-10-14-5-7-31(8-6-14)21(34)18-12-29-32(19(18)22(24,25)26)17-4-2-3-16(23)9-17/h2-4,9,11-14H,5-8,10H2,1H3,(H,27,33). The Morgan fingerprint density at radius 1 is 1.18 bits per heavy atom. The molecule has 2 amide bonds. The number of amides is 2. The Morgan fingerprint density at radius 2 is 1.91 bits per heavy atom. The van der Waals surface area contributed by atoms with Crippen molar-refractivity contribution in [2.45, 2.75) is 19.0 Å². The Labute approximate surface area is 198 Å². The number of aromatic nitrogens is 4. The summed E-state index contributed by atoms with van der Waals surface area (Å²) in [6.07, 6.45) is 0.355. The summed E-state index contributed by atoms with van der Waals surface area (Å²) in [5, 5.41) is 10.9. The van der Waals surface area contributed by atoms with E-state index in [2.05, 4.69) is 15.5 Å². The molecule has 8 nitrogen and oxygen atoms in total. The topological polar surface area (TPSA) is 85.0 Å². The maximum atomic E-state index is 13.9. The Bertz CT molecular complexity index is 1200. The molecule has 0 aliphatic carbocycles. The molecule has 0 spiro atoms. The first-order valence-electron chi connectivity index (χ1n) is 10.6. The van der Waals surface area contributed by atoms with Gasteiger partial charge in [0.2, 0.25) is 0 Å². The van der Waals surface area contributed by atoms with Crippen LogP contribution < -0.4 is 5.32 Å². The molecule has 1 N–H and O–H groups in total. The van der Waals surface area contributed by atoms with Crippen molar-refractivity contribution in [1.82, 2.24) is 29.8 Å². The van der Waals surface area contributed by atoms with E-state index in [1.807, 2.05) is 0 Å². The van der Waals surface area contributed by atoms with Crippen molar-refractivity contribution in [2.24, 2.45) is 13.0 Å². The van der Waals surface area contributed by atoms with Gasteiger partial charge in [0.05, 0.1) is 29.2 Å². The highest BCUT2D eigenvalue weighted by Crippen LogP contribution is 2.35. The van der Waals surface area contributed by atoms with Crippen LogP contribution in [0.4, 0.5) is 13.2 Å². The van der Waals surface area contributed by atoms with Gasteiger partial charge in [0.1, 0.15) is 0 Å². The molecule has 34 heavy (non-hydrogen) atoms. The van der Waals surface area contributed by atoms with Crippen molar-refractivity contribution in [3.05, 3.63) is 64.7 Å². The normalized spacial score (nSPS) is 14.9. The second kappa shape index (κ2) is 9.49. The van der Waals surface area contributed by atoms with Gasteiger partial charge in [0.25, 0.3) is 11.8 Å². The van der Waals surface area contributed by atoms with Crippen LogP contribution in [-0.2, 0) is 13.2 Å². The molecular weight excluding hydrogens is 473 g/mol. The third-order valence-electron chi connectivity index (χ3n) is 5.74. The van der Waals surface area contributed by atoms with Gasteiger partial charge in [0.15, 0.2) is 5.69 Å². The molecule has 1 aromatic carbocycles. The Kier molecular flexibility index (Phi) is 6.65. The zero-order valence-corrected chi connectivity index (χ0v) is 19.0. The molecular formula is C22H22ClF3N6O2. The van der Waals surface area contributed by atoms with Crippen LogP contribution in [0.15, 0.2) is 42.9 Å². The monoisotopic (exact) mass is 494 g/mol. The number of halogens is 4. The number of nitrogens with zero attached hydrogens (tertiary/aromatic N) is 5. The SMILES string of the molecule is Cn1cc(C(=O)NCC2CCN(C(=O)c3cnn(-c4cccc(Cl)c4)c3C(F)(F)F)CC2)cn1. The number of likely N-dealkylation sites (tertiary alicyclic amines) is 1. The minimum Gasteiger partial charge on any atom is -0.352 e. The lowest BCUT2D eigenvalue weighted by Crippen LogP contribution is -2.42. The van der Waals surface area contributed by atoms with Crippen LogP contribution in [0.1, 0.15) is 39.3 Å². The molecule has 1 fully saturated rings. The number of rotatable bonds is 5. The first-order valence-corrected chi connectivity index (χ1v) is 11.0. The van der Waals surface area contributed by atoms with Gasteiger partial charge in [-0.25, -0.2) is 4.68 Å². The fourth-order valence-electron chi connectivity index (χ4n) is 3.97. The third-order valence-corrected chi connectivity index (χ3v) is 5.98. The molecule has 1 saturated heterocycles. The molecule has 0 bridgehead atoms. The molecule has 4 rings (SSSR count). The molecule has 3 aromatic rings. The number of nitrogens with one attached hydrogen (secondary N) is 1. The van der Waals surface area contributed by atoms with Crippen molar-refractivity contribution >= 4 is 23.4 Å². The van der Waals surface area contributed by atoms with E-state index in [0.717, 1.165) is 6.20 Å². The molecule has 0 saturated carbocycles. The van der Waals surface area contributed by atoms with Gasteiger partial charge in [-0.05, 0) is 37.0 Å². The van der Waals surface area contributed by atoms with E-state index in [1.54, 1.807) is 13.2 Å². The number of hydrogen-bond donors (Lipinski definition) is 1. The Hall–Kier alpha value is -3.34. The highest BCUT2D eigenvalue weighted by Gasteiger charge is 2.41. The van der Waals surface area contributed by atoms with Gasteiger partial charge in [-0.1, -0.05) is 17.7 Å². The van der Waals surface area contributed by atoms with Crippen molar-refractivity contribution in [3.63, 3.8) is 0 Å². The van der Waals surface area contributed by atoms with Crippen LogP contribution in [0.5, 0.6) is 0 Å². The predicted octanol–water partition coefficient (Wildman–Crippen LogP) is 3.56.